The molecule has 1 atom stereocenters. The maximum absolute atomic E-state index is 10.5. The van der Waals surface area contributed by atoms with Crippen molar-refractivity contribution in [3.05, 3.63) is 15.9 Å². The summed E-state index contributed by atoms with van der Waals surface area (Å²) < 4.78 is 2.85. The molecule has 4 nitrogen and oxygen atoms in total. The molecule has 19 heavy (non-hydrogen) atoms. The SMILES string of the molecule is Cc1nn(C)c(CC(C)(O)CCNCC(C)C)c1Br. The van der Waals surface area contributed by atoms with Gasteiger partial charge in [-0.3, -0.25) is 4.68 Å². The van der Waals surface area contributed by atoms with Crippen molar-refractivity contribution in [2.75, 3.05) is 13.1 Å². The number of halogens is 1. The average molecular weight is 332 g/mol. The fourth-order valence-electron chi connectivity index (χ4n) is 2.07. The Morgan fingerprint density at radius 2 is 2.11 bits per heavy atom. The number of hydrogen-bond donors (Lipinski definition) is 2. The van der Waals surface area contributed by atoms with Crippen molar-refractivity contribution in [3.8, 4) is 0 Å². The minimum Gasteiger partial charge on any atom is -0.390 e. The molecule has 1 unspecified atom stereocenters. The van der Waals surface area contributed by atoms with Crippen molar-refractivity contribution in [2.24, 2.45) is 13.0 Å². The van der Waals surface area contributed by atoms with E-state index in [9.17, 15) is 5.11 Å². The summed E-state index contributed by atoms with van der Waals surface area (Å²) in [5.74, 6) is 0.638. The molecule has 0 fully saturated rings. The average Bonchev–Trinajstić information content (AvgIpc) is 2.51. The zero-order chi connectivity index (χ0) is 14.6. The minimum atomic E-state index is -0.716. The number of hydrogen-bond acceptors (Lipinski definition) is 3. The summed E-state index contributed by atoms with van der Waals surface area (Å²) in [7, 11) is 1.92. The Hall–Kier alpha value is -0.390. The largest absolute Gasteiger partial charge is 0.390 e. The smallest absolute Gasteiger partial charge is 0.0738 e. The third-order valence-corrected chi connectivity index (χ3v) is 4.23. The Morgan fingerprint density at radius 1 is 1.47 bits per heavy atom. The van der Waals surface area contributed by atoms with Crippen LogP contribution in [0.4, 0.5) is 0 Å². The first kappa shape index (κ1) is 16.7. The molecular formula is C14H26BrN3O. The van der Waals surface area contributed by atoms with E-state index in [1.54, 1.807) is 0 Å². The molecule has 2 N–H and O–H groups in total. The molecule has 0 aromatic carbocycles. The van der Waals surface area contributed by atoms with E-state index in [1.165, 1.54) is 0 Å². The summed E-state index contributed by atoms with van der Waals surface area (Å²) in [6.07, 6.45) is 1.34. The second-order valence-electron chi connectivity index (χ2n) is 5.99. The molecule has 0 aliphatic rings. The van der Waals surface area contributed by atoms with Crippen molar-refractivity contribution in [1.29, 1.82) is 0 Å². The van der Waals surface area contributed by atoms with Crippen LogP contribution in [0.3, 0.4) is 0 Å². The van der Waals surface area contributed by atoms with Crippen LogP contribution in [0.25, 0.3) is 0 Å². The first-order chi connectivity index (χ1) is 8.73. The predicted octanol–water partition coefficient (Wildman–Crippen LogP) is 2.42. The zero-order valence-corrected chi connectivity index (χ0v) is 14.2. The number of nitrogens with zero attached hydrogens (tertiary/aromatic N) is 2. The number of aromatic nitrogens is 2. The third kappa shape index (κ3) is 5.24. The van der Waals surface area contributed by atoms with Gasteiger partial charge in [-0.25, -0.2) is 0 Å². The number of rotatable bonds is 7. The second-order valence-corrected chi connectivity index (χ2v) is 6.78. The first-order valence-corrected chi connectivity index (χ1v) is 7.63. The first-order valence-electron chi connectivity index (χ1n) is 6.84. The number of aliphatic hydroxyl groups is 1. The van der Waals surface area contributed by atoms with Gasteiger partial charge >= 0.3 is 0 Å². The van der Waals surface area contributed by atoms with Crippen LogP contribution >= 0.6 is 15.9 Å². The summed E-state index contributed by atoms with van der Waals surface area (Å²) >= 11 is 3.54. The van der Waals surface area contributed by atoms with E-state index in [0.29, 0.717) is 12.3 Å². The molecule has 1 rings (SSSR count). The molecule has 0 saturated heterocycles. The van der Waals surface area contributed by atoms with Gasteiger partial charge in [-0.1, -0.05) is 13.8 Å². The Labute approximate surface area is 124 Å². The Bertz CT molecular complexity index is 413. The molecule has 0 radical (unpaired) electrons. The molecule has 0 spiro atoms. The van der Waals surface area contributed by atoms with E-state index in [2.05, 4.69) is 40.2 Å². The molecule has 0 saturated carbocycles. The fraction of sp³-hybridized carbons (Fsp3) is 0.786. The molecule has 5 heteroatoms. The lowest BCUT2D eigenvalue weighted by molar-refractivity contribution is 0.0493. The summed E-state index contributed by atoms with van der Waals surface area (Å²) in [6, 6.07) is 0. The summed E-state index contributed by atoms with van der Waals surface area (Å²) in [6.45, 7) is 10.0. The van der Waals surface area contributed by atoms with Crippen molar-refractivity contribution in [3.63, 3.8) is 0 Å². The topological polar surface area (TPSA) is 50.1 Å². The van der Waals surface area contributed by atoms with E-state index in [1.807, 2.05) is 25.6 Å². The van der Waals surface area contributed by atoms with Crippen molar-refractivity contribution in [1.82, 2.24) is 15.1 Å². The minimum absolute atomic E-state index is 0.605. The lowest BCUT2D eigenvalue weighted by Crippen LogP contribution is -2.34. The van der Waals surface area contributed by atoms with Crippen molar-refractivity contribution < 1.29 is 5.11 Å². The van der Waals surface area contributed by atoms with Crippen LogP contribution in [0.15, 0.2) is 4.47 Å². The predicted molar refractivity (Wildman–Crippen MR) is 82.3 cm³/mol. The molecule has 0 aliphatic carbocycles. The molecular weight excluding hydrogens is 306 g/mol. The van der Waals surface area contributed by atoms with Crippen LogP contribution in [0.5, 0.6) is 0 Å². The summed E-state index contributed by atoms with van der Waals surface area (Å²) in [5.41, 5.74) is 1.30. The van der Waals surface area contributed by atoms with Crippen molar-refractivity contribution >= 4 is 15.9 Å². The maximum Gasteiger partial charge on any atom is 0.0738 e. The van der Waals surface area contributed by atoms with Crippen LogP contribution in [0.1, 0.15) is 38.6 Å². The summed E-state index contributed by atoms with van der Waals surface area (Å²) in [5, 5.41) is 18.2. The quantitative estimate of drug-likeness (QED) is 0.754. The highest BCUT2D eigenvalue weighted by Crippen LogP contribution is 2.25. The summed E-state index contributed by atoms with van der Waals surface area (Å²) in [4.78, 5) is 0. The van der Waals surface area contributed by atoms with Gasteiger partial charge in [0.05, 0.1) is 21.5 Å². The van der Waals surface area contributed by atoms with Crippen LogP contribution in [-0.2, 0) is 13.5 Å². The molecule has 1 heterocycles. The fourth-order valence-corrected chi connectivity index (χ4v) is 2.55. The Morgan fingerprint density at radius 3 is 2.58 bits per heavy atom. The van der Waals surface area contributed by atoms with Crippen LogP contribution < -0.4 is 5.32 Å². The zero-order valence-electron chi connectivity index (χ0n) is 12.6. The van der Waals surface area contributed by atoms with E-state index >= 15 is 0 Å². The van der Waals surface area contributed by atoms with Gasteiger partial charge in [0.15, 0.2) is 0 Å². The van der Waals surface area contributed by atoms with Gasteiger partial charge < -0.3 is 10.4 Å². The van der Waals surface area contributed by atoms with E-state index in [0.717, 1.165) is 35.4 Å². The Balaban J connectivity index is 2.54. The van der Waals surface area contributed by atoms with Gasteiger partial charge in [-0.2, -0.15) is 5.10 Å². The molecule has 1 aromatic rings. The van der Waals surface area contributed by atoms with E-state index < -0.39 is 5.60 Å². The number of aryl methyl sites for hydroxylation is 2. The highest BCUT2D eigenvalue weighted by atomic mass is 79.9. The highest BCUT2D eigenvalue weighted by molar-refractivity contribution is 9.10. The standard InChI is InChI=1S/C14H26BrN3O/c1-10(2)9-16-7-6-14(4,19)8-12-13(15)11(3)17-18(12)5/h10,16,19H,6-9H2,1-5H3. The molecule has 0 aliphatic heterocycles. The van der Waals surface area contributed by atoms with E-state index in [4.69, 9.17) is 0 Å². The highest BCUT2D eigenvalue weighted by Gasteiger charge is 2.24. The van der Waals surface area contributed by atoms with Crippen molar-refractivity contribution in [2.45, 2.75) is 46.1 Å². The van der Waals surface area contributed by atoms with Crippen LogP contribution in [0, 0.1) is 12.8 Å². The molecule has 1 aromatic heterocycles. The van der Waals surface area contributed by atoms with Gasteiger partial charge in [0.25, 0.3) is 0 Å². The van der Waals surface area contributed by atoms with Gasteiger partial charge in [-0.05, 0) is 55.2 Å². The van der Waals surface area contributed by atoms with Gasteiger partial charge in [-0.15, -0.1) is 0 Å². The Kier molecular flexibility index (Phi) is 6.02. The van der Waals surface area contributed by atoms with Gasteiger partial charge in [0.1, 0.15) is 0 Å². The molecule has 0 amide bonds. The van der Waals surface area contributed by atoms with Gasteiger partial charge in [0, 0.05) is 13.5 Å². The van der Waals surface area contributed by atoms with Crippen LogP contribution in [0.2, 0.25) is 0 Å². The monoisotopic (exact) mass is 331 g/mol. The third-order valence-electron chi connectivity index (χ3n) is 3.20. The maximum atomic E-state index is 10.5. The lowest BCUT2D eigenvalue weighted by Gasteiger charge is -2.24. The second kappa shape index (κ2) is 6.86. The number of nitrogens with one attached hydrogen (secondary N) is 1. The lowest BCUT2D eigenvalue weighted by atomic mass is 9.96. The van der Waals surface area contributed by atoms with Gasteiger partial charge in [0.2, 0.25) is 0 Å². The normalized spacial score (nSPS) is 14.9. The van der Waals surface area contributed by atoms with E-state index in [-0.39, 0.29) is 0 Å². The molecule has 0 bridgehead atoms. The molecule has 110 valence electrons. The van der Waals surface area contributed by atoms with Crippen LogP contribution in [-0.4, -0.2) is 33.6 Å².